The van der Waals surface area contributed by atoms with Gasteiger partial charge in [0.1, 0.15) is 6.61 Å². The Morgan fingerprint density at radius 3 is 2.67 bits per heavy atom. The third kappa shape index (κ3) is 5.27. The first-order chi connectivity index (χ1) is 18.6. The average molecular weight is 565 g/mol. The van der Waals surface area contributed by atoms with Crippen molar-refractivity contribution in [3.05, 3.63) is 52.9 Å². The molecule has 2 aromatic heterocycles. The standard InChI is InChI=1S/C26H28ClF3N6O3/c1-33(25(38)17-9-11-34(14-17)23(37)15-39-2)24(26(28,29)30)16-5-7-18(8-6-16)35-10-3-4-19-20(35)13-31-22-12-21(27)32-36(19)22/h5-8,12-13,17,24H,3-4,9-11,14-15H2,1-2H3/t17-,24+/m1/s1. The van der Waals surface area contributed by atoms with Gasteiger partial charge in [0.15, 0.2) is 16.8 Å². The van der Waals surface area contributed by atoms with Crippen molar-refractivity contribution < 1.29 is 27.5 Å². The summed E-state index contributed by atoms with van der Waals surface area (Å²) < 4.78 is 49.4. The first-order valence-corrected chi connectivity index (χ1v) is 13.0. The number of likely N-dealkylation sites (tertiary alicyclic amines) is 1. The van der Waals surface area contributed by atoms with Gasteiger partial charge in [0, 0.05) is 45.5 Å². The van der Waals surface area contributed by atoms with Crippen LogP contribution in [0.5, 0.6) is 0 Å². The van der Waals surface area contributed by atoms with Crippen molar-refractivity contribution in [1.29, 1.82) is 0 Å². The van der Waals surface area contributed by atoms with E-state index in [1.54, 1.807) is 28.9 Å². The molecule has 0 saturated carbocycles. The number of methoxy groups -OCH3 is 1. The second-order valence-corrected chi connectivity index (χ2v) is 10.2. The van der Waals surface area contributed by atoms with Crippen LogP contribution < -0.4 is 4.90 Å². The average Bonchev–Trinajstić information content (AvgIpc) is 3.54. The zero-order valence-corrected chi connectivity index (χ0v) is 22.2. The van der Waals surface area contributed by atoms with Crippen LogP contribution in [0.1, 0.15) is 30.1 Å². The zero-order chi connectivity index (χ0) is 27.9. The Hall–Kier alpha value is -3.38. The topological polar surface area (TPSA) is 83.3 Å². The third-order valence-electron chi connectivity index (χ3n) is 7.34. The molecule has 0 bridgehead atoms. The number of anilines is 2. The molecule has 208 valence electrons. The highest BCUT2D eigenvalue weighted by Gasteiger charge is 2.47. The van der Waals surface area contributed by atoms with Crippen LogP contribution in [0.15, 0.2) is 36.5 Å². The highest BCUT2D eigenvalue weighted by molar-refractivity contribution is 6.29. The number of benzene rings is 1. The number of amides is 2. The predicted octanol–water partition coefficient (Wildman–Crippen LogP) is 4.02. The van der Waals surface area contributed by atoms with Crippen LogP contribution in [0.2, 0.25) is 5.15 Å². The Morgan fingerprint density at radius 2 is 1.97 bits per heavy atom. The zero-order valence-electron chi connectivity index (χ0n) is 21.5. The minimum atomic E-state index is -4.69. The Morgan fingerprint density at radius 1 is 1.23 bits per heavy atom. The van der Waals surface area contributed by atoms with Crippen LogP contribution in [0, 0.1) is 5.92 Å². The van der Waals surface area contributed by atoms with Gasteiger partial charge in [-0.2, -0.15) is 18.3 Å². The molecule has 13 heteroatoms. The van der Waals surface area contributed by atoms with E-state index in [0.29, 0.717) is 36.0 Å². The van der Waals surface area contributed by atoms with Gasteiger partial charge in [-0.15, -0.1) is 0 Å². The lowest BCUT2D eigenvalue weighted by molar-refractivity contribution is -0.190. The highest BCUT2D eigenvalue weighted by Crippen LogP contribution is 2.40. The van der Waals surface area contributed by atoms with Gasteiger partial charge >= 0.3 is 6.18 Å². The summed E-state index contributed by atoms with van der Waals surface area (Å²) in [7, 11) is 2.56. The summed E-state index contributed by atoms with van der Waals surface area (Å²) in [6.45, 7) is 0.912. The highest BCUT2D eigenvalue weighted by atomic mass is 35.5. The van der Waals surface area contributed by atoms with E-state index < -0.39 is 24.0 Å². The maximum atomic E-state index is 14.3. The van der Waals surface area contributed by atoms with Gasteiger partial charge < -0.3 is 19.4 Å². The van der Waals surface area contributed by atoms with Gasteiger partial charge in [0.05, 0.1) is 23.5 Å². The van der Waals surface area contributed by atoms with E-state index in [0.717, 1.165) is 29.1 Å². The summed E-state index contributed by atoms with van der Waals surface area (Å²) in [5.41, 5.74) is 3.03. The van der Waals surface area contributed by atoms with Crippen LogP contribution in [0.25, 0.3) is 5.65 Å². The molecule has 39 heavy (non-hydrogen) atoms. The van der Waals surface area contributed by atoms with Gasteiger partial charge in [0.2, 0.25) is 11.8 Å². The smallest absolute Gasteiger partial charge is 0.375 e. The number of ether oxygens (including phenoxy) is 1. The van der Waals surface area contributed by atoms with E-state index in [4.69, 9.17) is 16.3 Å². The number of aryl methyl sites for hydroxylation is 1. The summed E-state index contributed by atoms with van der Waals surface area (Å²) in [6.07, 6.45) is -1.08. The molecule has 0 spiro atoms. The van der Waals surface area contributed by atoms with Gasteiger partial charge in [-0.25, -0.2) is 9.50 Å². The summed E-state index contributed by atoms with van der Waals surface area (Å²) in [6, 6.07) is 5.62. The van der Waals surface area contributed by atoms with Crippen molar-refractivity contribution in [2.45, 2.75) is 31.5 Å². The lowest BCUT2D eigenvalue weighted by Crippen LogP contribution is -2.43. The molecule has 2 aliphatic heterocycles. The normalized spacial score (nSPS) is 18.4. The van der Waals surface area contributed by atoms with Crippen LogP contribution in [0.3, 0.4) is 0 Å². The molecule has 2 aliphatic rings. The van der Waals surface area contributed by atoms with E-state index in [2.05, 4.69) is 10.1 Å². The number of fused-ring (bicyclic) bond motifs is 3. The van der Waals surface area contributed by atoms with Gasteiger partial charge in [-0.1, -0.05) is 23.7 Å². The fourth-order valence-electron chi connectivity index (χ4n) is 5.48. The van der Waals surface area contributed by atoms with Crippen LogP contribution >= 0.6 is 11.6 Å². The van der Waals surface area contributed by atoms with E-state index >= 15 is 0 Å². The molecule has 0 aliphatic carbocycles. The fourth-order valence-corrected chi connectivity index (χ4v) is 5.66. The molecule has 2 amide bonds. The monoisotopic (exact) mass is 564 g/mol. The van der Waals surface area contributed by atoms with Crippen molar-refractivity contribution in [3.63, 3.8) is 0 Å². The fraction of sp³-hybridized carbons (Fsp3) is 0.462. The molecule has 0 N–H and O–H groups in total. The Bertz CT molecular complexity index is 1380. The lowest BCUT2D eigenvalue weighted by atomic mass is 10.0. The van der Waals surface area contributed by atoms with Crippen LogP contribution in [-0.2, 0) is 20.7 Å². The van der Waals surface area contributed by atoms with Crippen LogP contribution in [0.4, 0.5) is 24.5 Å². The largest absolute Gasteiger partial charge is 0.413 e. The Labute approximate surface area is 228 Å². The molecule has 5 rings (SSSR count). The maximum Gasteiger partial charge on any atom is 0.413 e. The molecule has 9 nitrogen and oxygen atoms in total. The van der Waals surface area contributed by atoms with Crippen molar-refractivity contribution >= 4 is 40.4 Å². The molecule has 4 heterocycles. The molecular formula is C26H28ClF3N6O3. The second-order valence-electron chi connectivity index (χ2n) is 9.83. The molecule has 1 fully saturated rings. The number of nitrogens with zero attached hydrogens (tertiary/aromatic N) is 6. The van der Waals surface area contributed by atoms with Crippen molar-refractivity contribution in [1.82, 2.24) is 24.4 Å². The number of aromatic nitrogens is 3. The van der Waals surface area contributed by atoms with E-state index in [9.17, 15) is 22.8 Å². The number of alkyl halides is 3. The van der Waals surface area contributed by atoms with Gasteiger partial charge in [0.25, 0.3) is 0 Å². The van der Waals surface area contributed by atoms with Gasteiger partial charge in [-0.05, 0) is 37.0 Å². The number of halogens is 4. The number of carbonyl (C=O) groups is 2. The summed E-state index contributed by atoms with van der Waals surface area (Å²) in [5.74, 6) is -1.64. The minimum absolute atomic E-state index is 0.0444. The van der Waals surface area contributed by atoms with Gasteiger partial charge in [-0.3, -0.25) is 9.59 Å². The quantitative estimate of drug-likeness (QED) is 0.450. The van der Waals surface area contributed by atoms with Crippen molar-refractivity contribution in [3.8, 4) is 0 Å². The number of hydrogen-bond acceptors (Lipinski definition) is 6. The molecule has 1 saturated heterocycles. The van der Waals surface area contributed by atoms with E-state index in [1.807, 2.05) is 4.90 Å². The molecular weight excluding hydrogens is 537 g/mol. The van der Waals surface area contributed by atoms with Crippen molar-refractivity contribution in [2.24, 2.45) is 5.92 Å². The molecule has 1 aromatic carbocycles. The first-order valence-electron chi connectivity index (χ1n) is 12.6. The van der Waals surface area contributed by atoms with Crippen molar-refractivity contribution in [2.75, 3.05) is 45.3 Å². The SMILES string of the molecule is COCC(=O)N1CC[C@@H](C(=O)N(C)[C@@H](c2ccc(N3CCCc4c3cnc3cc(Cl)nn43)cc2)C(F)(F)F)C1. The Kier molecular flexibility index (Phi) is 7.43. The Balaban J connectivity index is 1.37. The maximum absolute atomic E-state index is 14.3. The lowest BCUT2D eigenvalue weighted by Gasteiger charge is -2.33. The molecule has 3 aromatic rings. The summed E-state index contributed by atoms with van der Waals surface area (Å²) >= 11 is 6.06. The number of carbonyl (C=O) groups excluding carboxylic acids is 2. The molecule has 0 unspecified atom stereocenters. The number of rotatable bonds is 6. The van der Waals surface area contributed by atoms with E-state index in [1.165, 1.54) is 31.2 Å². The van der Waals surface area contributed by atoms with E-state index in [-0.39, 0.29) is 24.6 Å². The predicted molar refractivity (Wildman–Crippen MR) is 138 cm³/mol. The minimum Gasteiger partial charge on any atom is -0.375 e. The molecule has 0 radical (unpaired) electrons. The van der Waals surface area contributed by atoms with Crippen LogP contribution in [-0.4, -0.2) is 82.8 Å². The third-order valence-corrected chi connectivity index (χ3v) is 7.53. The summed E-state index contributed by atoms with van der Waals surface area (Å²) in [5, 5.41) is 4.65. The summed E-state index contributed by atoms with van der Waals surface area (Å²) in [4.78, 5) is 33.8. The number of hydrogen-bond donors (Lipinski definition) is 0. The first kappa shape index (κ1) is 27.2. The second kappa shape index (κ2) is 10.6. The molecule has 2 atom stereocenters.